The molecule has 1 aromatic heterocycles. The number of nitriles is 1. The molecule has 4 rings (SSSR count). The van der Waals surface area contributed by atoms with Crippen molar-refractivity contribution in [3.05, 3.63) is 69.6 Å². The summed E-state index contributed by atoms with van der Waals surface area (Å²) in [7, 11) is 0. The van der Waals surface area contributed by atoms with Gasteiger partial charge in [-0.1, -0.05) is 17.3 Å². The predicted molar refractivity (Wildman–Crippen MR) is 115 cm³/mol. The Labute approximate surface area is 192 Å². The van der Waals surface area contributed by atoms with Gasteiger partial charge in [0.05, 0.1) is 27.8 Å². The first-order chi connectivity index (χ1) is 16.2. The van der Waals surface area contributed by atoms with Gasteiger partial charge in [0.2, 0.25) is 11.7 Å². The lowest BCUT2D eigenvalue weighted by Gasteiger charge is -2.38. The lowest BCUT2D eigenvalue weighted by atomic mass is 10.1. The summed E-state index contributed by atoms with van der Waals surface area (Å²) in [5.41, 5.74) is 0.149. The van der Waals surface area contributed by atoms with Crippen LogP contribution in [0.1, 0.15) is 30.0 Å². The molecular formula is C22H19F3N6O3. The lowest BCUT2D eigenvalue weighted by Crippen LogP contribution is -2.47. The summed E-state index contributed by atoms with van der Waals surface area (Å²) in [6.07, 6.45) is -4.47. The Morgan fingerprint density at radius 2 is 1.91 bits per heavy atom. The van der Waals surface area contributed by atoms with Gasteiger partial charge in [-0.3, -0.25) is 15.0 Å². The van der Waals surface area contributed by atoms with Gasteiger partial charge in [0.25, 0.3) is 5.69 Å². The summed E-state index contributed by atoms with van der Waals surface area (Å²) in [5, 5.41) is 24.2. The van der Waals surface area contributed by atoms with Crippen molar-refractivity contribution in [2.75, 3.05) is 31.1 Å². The zero-order chi connectivity index (χ0) is 24.5. The van der Waals surface area contributed by atoms with Gasteiger partial charge in [0.1, 0.15) is 6.07 Å². The van der Waals surface area contributed by atoms with E-state index in [-0.39, 0.29) is 34.6 Å². The van der Waals surface area contributed by atoms with Crippen molar-refractivity contribution < 1.29 is 22.6 Å². The number of alkyl halides is 3. The van der Waals surface area contributed by atoms with Crippen molar-refractivity contribution in [2.45, 2.75) is 19.1 Å². The number of nitrogens with zero attached hydrogens (tertiary/aromatic N) is 6. The third-order valence-electron chi connectivity index (χ3n) is 5.76. The first-order valence-corrected chi connectivity index (χ1v) is 10.4. The molecular weight excluding hydrogens is 453 g/mol. The Bertz CT molecular complexity index is 1250. The zero-order valence-electron chi connectivity index (χ0n) is 18.0. The molecule has 0 spiro atoms. The molecule has 9 nitrogen and oxygen atoms in total. The number of nitro benzene ring substituents is 1. The molecule has 1 unspecified atom stereocenters. The molecule has 0 saturated carbocycles. The number of hydrogen-bond donors (Lipinski definition) is 0. The topological polar surface area (TPSA) is 112 Å². The maximum absolute atomic E-state index is 13.0. The predicted octanol–water partition coefficient (Wildman–Crippen LogP) is 4.42. The van der Waals surface area contributed by atoms with Gasteiger partial charge in [0.15, 0.2) is 0 Å². The van der Waals surface area contributed by atoms with Crippen LogP contribution in [0.25, 0.3) is 11.4 Å². The number of rotatable bonds is 5. The molecule has 2 heterocycles. The smallest absolute Gasteiger partial charge is 0.368 e. The molecule has 34 heavy (non-hydrogen) atoms. The Hall–Kier alpha value is -3.98. The van der Waals surface area contributed by atoms with Crippen LogP contribution in [0.3, 0.4) is 0 Å². The molecule has 1 aliphatic heterocycles. The van der Waals surface area contributed by atoms with Crippen LogP contribution in [0.4, 0.5) is 24.5 Å². The van der Waals surface area contributed by atoms with Crippen LogP contribution in [-0.2, 0) is 6.18 Å². The first kappa shape index (κ1) is 23.2. The minimum Gasteiger partial charge on any atom is -0.368 e. The Kier molecular flexibility index (Phi) is 6.21. The molecule has 3 aromatic rings. The van der Waals surface area contributed by atoms with E-state index < -0.39 is 16.7 Å². The molecule has 0 radical (unpaired) electrons. The minimum absolute atomic E-state index is 0.0797. The molecule has 1 saturated heterocycles. The first-order valence-electron chi connectivity index (χ1n) is 10.4. The number of halogens is 3. The molecule has 1 fully saturated rings. The van der Waals surface area contributed by atoms with Gasteiger partial charge >= 0.3 is 6.18 Å². The van der Waals surface area contributed by atoms with E-state index in [2.05, 4.69) is 15.0 Å². The number of anilines is 1. The highest BCUT2D eigenvalue weighted by Crippen LogP contribution is 2.32. The van der Waals surface area contributed by atoms with E-state index in [0.29, 0.717) is 31.9 Å². The highest BCUT2D eigenvalue weighted by Gasteiger charge is 2.31. The van der Waals surface area contributed by atoms with Gasteiger partial charge < -0.3 is 9.42 Å². The summed E-state index contributed by atoms with van der Waals surface area (Å²) in [6, 6.07) is 10.7. The average Bonchev–Trinajstić information content (AvgIpc) is 3.33. The van der Waals surface area contributed by atoms with Gasteiger partial charge in [-0.2, -0.15) is 23.4 Å². The van der Waals surface area contributed by atoms with Crippen LogP contribution in [-0.4, -0.2) is 46.1 Å². The minimum atomic E-state index is -4.47. The summed E-state index contributed by atoms with van der Waals surface area (Å²) in [5.74, 6) is 0.366. The van der Waals surface area contributed by atoms with Gasteiger partial charge in [-0.15, -0.1) is 0 Å². The van der Waals surface area contributed by atoms with Gasteiger partial charge in [0, 0.05) is 43.9 Å². The van der Waals surface area contributed by atoms with E-state index >= 15 is 0 Å². The van der Waals surface area contributed by atoms with Crippen LogP contribution in [0, 0.1) is 21.4 Å². The zero-order valence-corrected chi connectivity index (χ0v) is 18.0. The molecule has 1 aliphatic rings. The maximum atomic E-state index is 13.0. The van der Waals surface area contributed by atoms with Crippen molar-refractivity contribution in [3.63, 3.8) is 0 Å². The Balaban J connectivity index is 1.44. The molecule has 176 valence electrons. The third-order valence-corrected chi connectivity index (χ3v) is 5.76. The highest BCUT2D eigenvalue weighted by atomic mass is 19.4. The number of hydrogen-bond acceptors (Lipinski definition) is 8. The summed E-state index contributed by atoms with van der Waals surface area (Å²) < 4.78 is 44.3. The fourth-order valence-corrected chi connectivity index (χ4v) is 3.87. The summed E-state index contributed by atoms with van der Waals surface area (Å²) in [6.45, 7) is 4.16. The molecule has 12 heteroatoms. The largest absolute Gasteiger partial charge is 0.416 e. The standard InChI is InChI=1S/C22H19F3N6O3/c1-14(21-27-20(28-34-21)15-3-2-4-17(11-15)22(23,24)25)29-7-9-30(10-8-29)19-6-5-18(31(32)33)12-16(19)13-26/h2-6,11-12,14H,7-10H2,1H3. The summed E-state index contributed by atoms with van der Waals surface area (Å²) in [4.78, 5) is 18.8. The number of piperazine rings is 1. The Morgan fingerprint density at radius 3 is 2.56 bits per heavy atom. The van der Waals surface area contributed by atoms with Crippen LogP contribution >= 0.6 is 0 Å². The van der Waals surface area contributed by atoms with Crippen molar-refractivity contribution in [1.82, 2.24) is 15.0 Å². The van der Waals surface area contributed by atoms with Crippen molar-refractivity contribution >= 4 is 11.4 Å². The SMILES string of the molecule is CC(c1nc(-c2cccc(C(F)(F)F)c2)no1)N1CCN(c2ccc([N+](=O)[O-])cc2C#N)CC1. The van der Waals surface area contributed by atoms with E-state index in [1.165, 1.54) is 24.3 Å². The van der Waals surface area contributed by atoms with E-state index in [1.54, 1.807) is 6.07 Å². The Morgan fingerprint density at radius 1 is 1.18 bits per heavy atom. The highest BCUT2D eigenvalue weighted by molar-refractivity contribution is 5.63. The molecule has 0 amide bonds. The average molecular weight is 472 g/mol. The monoisotopic (exact) mass is 472 g/mol. The van der Waals surface area contributed by atoms with E-state index in [4.69, 9.17) is 4.52 Å². The molecule has 2 aromatic carbocycles. The number of nitro groups is 1. The van der Waals surface area contributed by atoms with Crippen molar-refractivity contribution in [3.8, 4) is 17.5 Å². The molecule has 0 aliphatic carbocycles. The quantitative estimate of drug-likeness (QED) is 0.396. The van der Waals surface area contributed by atoms with Crippen molar-refractivity contribution in [2.24, 2.45) is 0 Å². The summed E-state index contributed by atoms with van der Waals surface area (Å²) >= 11 is 0. The normalized spacial score (nSPS) is 15.7. The van der Waals surface area contributed by atoms with Crippen LogP contribution < -0.4 is 4.90 Å². The molecule has 0 N–H and O–H groups in total. The third kappa shape index (κ3) is 4.69. The lowest BCUT2D eigenvalue weighted by molar-refractivity contribution is -0.384. The number of aromatic nitrogens is 2. The van der Waals surface area contributed by atoms with Crippen LogP contribution in [0.2, 0.25) is 0 Å². The number of benzene rings is 2. The van der Waals surface area contributed by atoms with Gasteiger partial charge in [-0.05, 0) is 25.1 Å². The molecule has 1 atom stereocenters. The number of non-ortho nitro benzene ring substituents is 1. The second kappa shape index (κ2) is 9.11. The van der Waals surface area contributed by atoms with E-state index in [1.807, 2.05) is 17.9 Å². The van der Waals surface area contributed by atoms with E-state index in [0.717, 1.165) is 12.1 Å². The van der Waals surface area contributed by atoms with Gasteiger partial charge in [-0.25, -0.2) is 0 Å². The fourth-order valence-electron chi connectivity index (χ4n) is 3.87. The second-order valence-electron chi connectivity index (χ2n) is 7.80. The van der Waals surface area contributed by atoms with Crippen LogP contribution in [0.15, 0.2) is 47.0 Å². The van der Waals surface area contributed by atoms with Crippen molar-refractivity contribution in [1.29, 1.82) is 5.26 Å². The van der Waals surface area contributed by atoms with E-state index in [9.17, 15) is 28.5 Å². The maximum Gasteiger partial charge on any atom is 0.416 e. The fraction of sp³-hybridized carbons (Fsp3) is 0.318. The molecule has 0 bridgehead atoms. The van der Waals surface area contributed by atoms with Crippen LogP contribution in [0.5, 0.6) is 0 Å². The second-order valence-corrected chi connectivity index (χ2v) is 7.80.